The molecule has 0 amide bonds. The van der Waals surface area contributed by atoms with E-state index in [4.69, 9.17) is 16.3 Å². The fraction of sp³-hybridized carbons (Fsp3) is 0.438. The van der Waals surface area contributed by atoms with Crippen LogP contribution in [0.2, 0.25) is 5.15 Å². The second-order valence-electron chi connectivity index (χ2n) is 4.99. The summed E-state index contributed by atoms with van der Waals surface area (Å²) in [6.45, 7) is 6.86. The van der Waals surface area contributed by atoms with Gasteiger partial charge in [0.1, 0.15) is 5.15 Å². The van der Waals surface area contributed by atoms with Crippen molar-refractivity contribution in [2.24, 2.45) is 7.05 Å². The zero-order valence-electron chi connectivity index (χ0n) is 12.8. The summed E-state index contributed by atoms with van der Waals surface area (Å²) in [7, 11) is 1.86. The summed E-state index contributed by atoms with van der Waals surface area (Å²) in [5, 5.41) is 8.45. The van der Waals surface area contributed by atoms with Crippen LogP contribution in [0.15, 0.2) is 24.3 Å². The number of aromatic nitrogens is 2. The number of nitrogens with zero attached hydrogens (tertiary/aromatic N) is 2. The van der Waals surface area contributed by atoms with Crippen LogP contribution in [0.1, 0.15) is 29.3 Å². The van der Waals surface area contributed by atoms with Crippen LogP contribution in [0.4, 0.5) is 0 Å². The summed E-state index contributed by atoms with van der Waals surface area (Å²) in [6, 6.07) is 8.32. The molecule has 5 heteroatoms. The van der Waals surface area contributed by atoms with Crippen molar-refractivity contribution >= 4 is 11.6 Å². The first kappa shape index (κ1) is 16.0. The van der Waals surface area contributed by atoms with Crippen molar-refractivity contribution in [1.82, 2.24) is 15.1 Å². The lowest BCUT2D eigenvalue weighted by Gasteiger charge is -2.10. The lowest BCUT2D eigenvalue weighted by atomic mass is 10.1. The number of aryl methyl sites for hydroxylation is 2. The van der Waals surface area contributed by atoms with Gasteiger partial charge in [-0.3, -0.25) is 4.68 Å². The number of hydrogen-bond acceptors (Lipinski definition) is 3. The average molecular weight is 308 g/mol. The van der Waals surface area contributed by atoms with Gasteiger partial charge in [0, 0.05) is 32.3 Å². The van der Waals surface area contributed by atoms with Gasteiger partial charge in [-0.15, -0.1) is 0 Å². The third-order valence-electron chi connectivity index (χ3n) is 3.47. The zero-order chi connectivity index (χ0) is 15.2. The number of rotatable bonds is 7. The Balaban J connectivity index is 1.97. The van der Waals surface area contributed by atoms with Crippen LogP contribution in [-0.4, -0.2) is 16.4 Å². The Labute approximate surface area is 131 Å². The summed E-state index contributed by atoms with van der Waals surface area (Å²) >= 11 is 6.24. The Hall–Kier alpha value is -1.36. The molecule has 21 heavy (non-hydrogen) atoms. The zero-order valence-corrected chi connectivity index (χ0v) is 13.6. The summed E-state index contributed by atoms with van der Waals surface area (Å²) in [6.07, 6.45) is 0. The quantitative estimate of drug-likeness (QED) is 0.854. The van der Waals surface area contributed by atoms with Crippen molar-refractivity contribution in [3.05, 3.63) is 51.8 Å². The molecule has 0 unspecified atom stereocenters. The van der Waals surface area contributed by atoms with Gasteiger partial charge in [-0.25, -0.2) is 0 Å². The highest BCUT2D eigenvalue weighted by molar-refractivity contribution is 6.30. The molecule has 1 aromatic carbocycles. The standard InChI is InChI=1S/C16H22ClN3O/c1-4-21-11-14-8-6-5-7-13(14)9-18-10-15-12(2)19-20(3)16(15)17/h5-8,18H,4,9-11H2,1-3H3. The van der Waals surface area contributed by atoms with Gasteiger partial charge < -0.3 is 10.1 Å². The molecule has 0 fully saturated rings. The average Bonchev–Trinajstić information content (AvgIpc) is 2.72. The van der Waals surface area contributed by atoms with Crippen molar-refractivity contribution < 1.29 is 4.74 Å². The van der Waals surface area contributed by atoms with Crippen LogP contribution in [0.25, 0.3) is 0 Å². The maximum Gasteiger partial charge on any atom is 0.131 e. The van der Waals surface area contributed by atoms with Crippen molar-refractivity contribution in [3.63, 3.8) is 0 Å². The van der Waals surface area contributed by atoms with Crippen LogP contribution < -0.4 is 5.32 Å². The SMILES string of the molecule is CCOCc1ccccc1CNCc1c(C)nn(C)c1Cl. The van der Waals surface area contributed by atoms with Crippen LogP contribution >= 0.6 is 11.6 Å². The third kappa shape index (κ3) is 4.06. The lowest BCUT2D eigenvalue weighted by molar-refractivity contribution is 0.133. The Bertz CT molecular complexity index is 595. The molecule has 1 heterocycles. The molecule has 1 N–H and O–H groups in total. The molecular formula is C16H22ClN3O. The summed E-state index contributed by atoms with van der Waals surface area (Å²) in [5.41, 5.74) is 4.50. The molecular weight excluding hydrogens is 286 g/mol. The predicted octanol–water partition coefficient (Wildman–Crippen LogP) is 3.21. The number of benzene rings is 1. The second kappa shape index (κ2) is 7.59. The molecule has 0 saturated carbocycles. The van der Waals surface area contributed by atoms with E-state index in [0.717, 1.165) is 24.4 Å². The molecule has 2 aromatic rings. The van der Waals surface area contributed by atoms with Gasteiger partial charge in [0.2, 0.25) is 0 Å². The van der Waals surface area contributed by atoms with Crippen LogP contribution in [-0.2, 0) is 31.5 Å². The molecule has 4 nitrogen and oxygen atoms in total. The van der Waals surface area contributed by atoms with E-state index < -0.39 is 0 Å². The van der Waals surface area contributed by atoms with Gasteiger partial charge in [-0.2, -0.15) is 5.10 Å². The van der Waals surface area contributed by atoms with E-state index in [0.29, 0.717) is 18.3 Å². The van der Waals surface area contributed by atoms with Gasteiger partial charge in [-0.1, -0.05) is 35.9 Å². The molecule has 114 valence electrons. The summed E-state index contributed by atoms with van der Waals surface area (Å²) in [5.74, 6) is 0. The van der Waals surface area contributed by atoms with Gasteiger partial charge in [0.05, 0.1) is 12.3 Å². The minimum Gasteiger partial charge on any atom is -0.377 e. The van der Waals surface area contributed by atoms with Gasteiger partial charge >= 0.3 is 0 Å². The fourth-order valence-corrected chi connectivity index (χ4v) is 2.52. The van der Waals surface area contributed by atoms with Crippen LogP contribution in [0.5, 0.6) is 0 Å². The smallest absolute Gasteiger partial charge is 0.131 e. The molecule has 0 aliphatic carbocycles. The van der Waals surface area contributed by atoms with E-state index in [9.17, 15) is 0 Å². The minimum atomic E-state index is 0.654. The number of hydrogen-bond donors (Lipinski definition) is 1. The summed E-state index contributed by atoms with van der Waals surface area (Å²) in [4.78, 5) is 0. The molecule has 0 atom stereocenters. The van der Waals surface area contributed by atoms with Crippen molar-refractivity contribution in [2.75, 3.05) is 6.61 Å². The van der Waals surface area contributed by atoms with Crippen LogP contribution in [0.3, 0.4) is 0 Å². The van der Waals surface area contributed by atoms with Crippen molar-refractivity contribution in [3.8, 4) is 0 Å². The van der Waals surface area contributed by atoms with E-state index >= 15 is 0 Å². The Morgan fingerprint density at radius 3 is 2.57 bits per heavy atom. The monoisotopic (exact) mass is 307 g/mol. The molecule has 0 saturated heterocycles. The van der Waals surface area contributed by atoms with E-state index in [2.05, 4.69) is 28.6 Å². The predicted molar refractivity (Wildman–Crippen MR) is 85.3 cm³/mol. The Morgan fingerprint density at radius 2 is 1.95 bits per heavy atom. The first-order chi connectivity index (χ1) is 10.1. The highest BCUT2D eigenvalue weighted by atomic mass is 35.5. The lowest BCUT2D eigenvalue weighted by Crippen LogP contribution is -2.15. The third-order valence-corrected chi connectivity index (χ3v) is 3.94. The maximum atomic E-state index is 6.24. The van der Waals surface area contributed by atoms with Gasteiger partial charge in [0.15, 0.2) is 0 Å². The highest BCUT2D eigenvalue weighted by Gasteiger charge is 2.10. The van der Waals surface area contributed by atoms with E-state index in [-0.39, 0.29) is 0 Å². The van der Waals surface area contributed by atoms with Gasteiger partial charge in [-0.05, 0) is 25.0 Å². The highest BCUT2D eigenvalue weighted by Crippen LogP contribution is 2.18. The van der Waals surface area contributed by atoms with Crippen molar-refractivity contribution in [1.29, 1.82) is 0 Å². The second-order valence-corrected chi connectivity index (χ2v) is 5.35. The van der Waals surface area contributed by atoms with E-state index in [1.807, 2.05) is 27.0 Å². The first-order valence-electron chi connectivity index (χ1n) is 7.16. The molecule has 0 spiro atoms. The molecule has 0 aliphatic heterocycles. The number of halogens is 1. The van der Waals surface area contributed by atoms with Crippen molar-refractivity contribution in [2.45, 2.75) is 33.5 Å². The van der Waals surface area contributed by atoms with Crippen LogP contribution in [0, 0.1) is 6.92 Å². The summed E-state index contributed by atoms with van der Waals surface area (Å²) < 4.78 is 7.21. The fourth-order valence-electron chi connectivity index (χ4n) is 2.28. The largest absolute Gasteiger partial charge is 0.377 e. The number of ether oxygens (including phenoxy) is 1. The first-order valence-corrected chi connectivity index (χ1v) is 7.54. The van der Waals surface area contributed by atoms with E-state index in [1.54, 1.807) is 4.68 Å². The molecule has 0 aliphatic rings. The molecule has 0 bridgehead atoms. The minimum absolute atomic E-state index is 0.654. The topological polar surface area (TPSA) is 39.1 Å². The Kier molecular flexibility index (Phi) is 5.79. The Morgan fingerprint density at radius 1 is 1.24 bits per heavy atom. The molecule has 1 aromatic heterocycles. The normalized spacial score (nSPS) is 11.0. The van der Waals surface area contributed by atoms with E-state index in [1.165, 1.54) is 11.1 Å². The molecule has 0 radical (unpaired) electrons. The van der Waals surface area contributed by atoms with Gasteiger partial charge in [0.25, 0.3) is 0 Å². The maximum absolute atomic E-state index is 6.24. The number of nitrogens with one attached hydrogen (secondary N) is 1. The molecule has 2 rings (SSSR count).